The first-order chi connectivity index (χ1) is 15.1. The summed E-state index contributed by atoms with van der Waals surface area (Å²) in [6.07, 6.45) is 8.77. The van der Waals surface area contributed by atoms with E-state index in [1.165, 1.54) is 4.73 Å². The summed E-state index contributed by atoms with van der Waals surface area (Å²) in [4.78, 5) is 12.4. The maximum atomic E-state index is 12.2. The number of hydrogen-bond donors (Lipinski definition) is 1. The van der Waals surface area contributed by atoms with Gasteiger partial charge in [0.15, 0.2) is 5.43 Å². The zero-order chi connectivity index (χ0) is 23.7. The van der Waals surface area contributed by atoms with E-state index in [0.29, 0.717) is 23.2 Å². The van der Waals surface area contributed by atoms with E-state index in [-0.39, 0.29) is 16.9 Å². The molecule has 32 heavy (non-hydrogen) atoms. The van der Waals surface area contributed by atoms with E-state index in [1.54, 1.807) is 45.0 Å². The zero-order valence-electron chi connectivity index (χ0n) is 19.8. The Hall–Kier alpha value is -2.12. The number of rotatable bonds is 13. The number of pyridine rings is 1. The molecule has 1 aromatic heterocycles. The van der Waals surface area contributed by atoms with Crippen LogP contribution in [0.1, 0.15) is 79.4 Å². The highest BCUT2D eigenvalue weighted by molar-refractivity contribution is 7.86. The molecule has 0 spiro atoms. The fourth-order valence-electron chi connectivity index (χ4n) is 3.79. The molecule has 1 N–H and O–H groups in total. The van der Waals surface area contributed by atoms with Gasteiger partial charge in [0.05, 0.1) is 22.9 Å². The normalized spacial score (nSPS) is 11.8. The van der Waals surface area contributed by atoms with Crippen molar-refractivity contribution in [1.82, 2.24) is 4.73 Å². The molecular formula is C25H37NO5S. The first-order valence-corrected chi connectivity index (χ1v) is 12.9. The molecule has 0 atom stereocenters. The van der Waals surface area contributed by atoms with Crippen LogP contribution in [0.4, 0.5) is 0 Å². The predicted octanol–water partition coefficient (Wildman–Crippen LogP) is 5.39. The van der Waals surface area contributed by atoms with Crippen LogP contribution in [-0.4, -0.2) is 25.0 Å². The molecule has 0 saturated heterocycles. The molecule has 0 radical (unpaired) electrons. The summed E-state index contributed by atoms with van der Waals surface area (Å²) in [5, 5.41) is 10.3. The van der Waals surface area contributed by atoms with E-state index >= 15 is 0 Å². The van der Waals surface area contributed by atoms with Crippen molar-refractivity contribution in [2.24, 2.45) is 0 Å². The minimum atomic E-state index is -3.66. The van der Waals surface area contributed by atoms with E-state index in [2.05, 4.69) is 0 Å². The molecule has 0 aliphatic carbocycles. The van der Waals surface area contributed by atoms with Gasteiger partial charge in [-0.05, 0) is 59.1 Å². The second kappa shape index (κ2) is 12.2. The molecule has 1 aromatic carbocycles. The van der Waals surface area contributed by atoms with Gasteiger partial charge >= 0.3 is 0 Å². The lowest BCUT2D eigenvalue weighted by Crippen LogP contribution is -2.21. The van der Waals surface area contributed by atoms with Crippen molar-refractivity contribution in [2.45, 2.75) is 90.4 Å². The van der Waals surface area contributed by atoms with Crippen LogP contribution >= 0.6 is 0 Å². The zero-order valence-corrected chi connectivity index (χ0v) is 20.6. The average molecular weight is 464 g/mol. The first kappa shape index (κ1) is 26.1. The van der Waals surface area contributed by atoms with Gasteiger partial charge in [0.25, 0.3) is 10.1 Å². The maximum Gasteiger partial charge on any atom is 0.296 e. The summed E-state index contributed by atoms with van der Waals surface area (Å²) in [7, 11) is -3.66. The topological polar surface area (TPSA) is 85.6 Å². The molecule has 6 nitrogen and oxygen atoms in total. The molecule has 7 heteroatoms. The molecule has 0 aliphatic heterocycles. The Bertz CT molecular complexity index is 1040. The highest BCUT2D eigenvalue weighted by Gasteiger charge is 2.15. The second-order valence-electron chi connectivity index (χ2n) is 8.59. The van der Waals surface area contributed by atoms with E-state index in [4.69, 9.17) is 4.18 Å². The Balaban J connectivity index is 1.56. The summed E-state index contributed by atoms with van der Waals surface area (Å²) in [6.45, 7) is 7.43. The SMILES string of the molecule is Cc1ccc(S(=O)(=O)OCCCCCCCCCCc2c(C)c(=O)c(C)c(C)n2O)cc1. The number of aryl methyl sites for hydroxylation is 1. The Morgan fingerprint density at radius 2 is 1.34 bits per heavy atom. The molecule has 178 valence electrons. The third-order valence-electron chi connectivity index (χ3n) is 6.09. The van der Waals surface area contributed by atoms with Gasteiger partial charge < -0.3 is 5.21 Å². The van der Waals surface area contributed by atoms with Crippen molar-refractivity contribution in [2.75, 3.05) is 6.61 Å². The van der Waals surface area contributed by atoms with Crippen LogP contribution in [-0.2, 0) is 20.7 Å². The van der Waals surface area contributed by atoms with Crippen LogP contribution in [0.5, 0.6) is 0 Å². The summed E-state index contributed by atoms with van der Waals surface area (Å²) in [5.41, 5.74) is 3.62. The van der Waals surface area contributed by atoms with Gasteiger partial charge in [0, 0.05) is 11.1 Å². The number of aromatic nitrogens is 1. The Morgan fingerprint density at radius 1 is 0.812 bits per heavy atom. The molecule has 0 saturated carbocycles. The molecule has 2 rings (SSSR count). The third-order valence-corrected chi connectivity index (χ3v) is 7.41. The van der Waals surface area contributed by atoms with Gasteiger partial charge in [-0.15, -0.1) is 0 Å². The number of unbranched alkanes of at least 4 members (excludes halogenated alkanes) is 7. The quantitative estimate of drug-likeness (QED) is 0.245. The van der Waals surface area contributed by atoms with E-state index in [1.807, 2.05) is 6.92 Å². The molecular weight excluding hydrogens is 426 g/mol. The fraction of sp³-hybridized carbons (Fsp3) is 0.560. The van der Waals surface area contributed by atoms with Gasteiger partial charge in [0.2, 0.25) is 0 Å². The summed E-state index contributed by atoms with van der Waals surface area (Å²) < 4.78 is 30.5. The monoisotopic (exact) mass is 463 g/mol. The smallest absolute Gasteiger partial charge is 0.296 e. The van der Waals surface area contributed by atoms with Gasteiger partial charge in [-0.2, -0.15) is 13.1 Å². The second-order valence-corrected chi connectivity index (χ2v) is 10.2. The van der Waals surface area contributed by atoms with Crippen LogP contribution in [0.3, 0.4) is 0 Å². The largest absolute Gasteiger partial charge is 0.428 e. The molecule has 0 bridgehead atoms. The molecule has 1 heterocycles. The number of benzene rings is 1. The number of hydrogen-bond acceptors (Lipinski definition) is 5. The highest BCUT2D eigenvalue weighted by atomic mass is 32.2. The standard InChI is InChI=1S/C25H37NO5S/c1-19-14-16-23(17-15-19)32(29,30)31-18-12-10-8-6-5-7-9-11-13-24-21(3)25(27)20(2)22(4)26(24)28/h14-17,28H,5-13,18H2,1-4H3. The van der Waals surface area contributed by atoms with E-state index in [0.717, 1.165) is 62.6 Å². The Labute approximate surface area is 192 Å². The van der Waals surface area contributed by atoms with Crippen molar-refractivity contribution in [3.63, 3.8) is 0 Å². The van der Waals surface area contributed by atoms with Crippen LogP contribution in [0.2, 0.25) is 0 Å². The van der Waals surface area contributed by atoms with Gasteiger partial charge in [-0.3, -0.25) is 8.98 Å². The maximum absolute atomic E-state index is 12.2. The summed E-state index contributed by atoms with van der Waals surface area (Å²) in [6, 6.07) is 6.68. The third kappa shape index (κ3) is 7.20. The van der Waals surface area contributed by atoms with Crippen molar-refractivity contribution in [3.05, 3.63) is 62.6 Å². The molecule has 0 amide bonds. The Morgan fingerprint density at radius 3 is 1.94 bits per heavy atom. The van der Waals surface area contributed by atoms with Crippen molar-refractivity contribution < 1.29 is 17.8 Å². The van der Waals surface area contributed by atoms with Gasteiger partial charge in [0.1, 0.15) is 0 Å². The van der Waals surface area contributed by atoms with Gasteiger partial charge in [-0.25, -0.2) is 0 Å². The van der Waals surface area contributed by atoms with Gasteiger partial charge in [-0.1, -0.05) is 56.2 Å². The lowest BCUT2D eigenvalue weighted by atomic mass is 10.0. The summed E-state index contributed by atoms with van der Waals surface area (Å²) in [5.74, 6) is 0. The molecule has 0 fully saturated rings. The molecule has 0 aliphatic rings. The minimum absolute atomic E-state index is 0.0263. The lowest BCUT2D eigenvalue weighted by Gasteiger charge is -2.15. The Kier molecular flexibility index (Phi) is 9.97. The average Bonchev–Trinajstić information content (AvgIpc) is 2.77. The molecule has 0 unspecified atom stereocenters. The van der Waals surface area contributed by atoms with Crippen molar-refractivity contribution in [3.8, 4) is 0 Å². The van der Waals surface area contributed by atoms with Crippen LogP contribution in [0.25, 0.3) is 0 Å². The highest BCUT2D eigenvalue weighted by Crippen LogP contribution is 2.16. The van der Waals surface area contributed by atoms with E-state index < -0.39 is 10.1 Å². The number of nitrogens with zero attached hydrogens (tertiary/aromatic N) is 1. The predicted molar refractivity (Wildman–Crippen MR) is 127 cm³/mol. The lowest BCUT2D eigenvalue weighted by molar-refractivity contribution is 0.165. The van der Waals surface area contributed by atoms with Crippen LogP contribution in [0, 0.1) is 27.7 Å². The van der Waals surface area contributed by atoms with Crippen molar-refractivity contribution >= 4 is 10.1 Å². The van der Waals surface area contributed by atoms with Crippen LogP contribution < -0.4 is 5.43 Å². The fourth-order valence-corrected chi connectivity index (χ4v) is 4.73. The first-order valence-electron chi connectivity index (χ1n) is 11.5. The van der Waals surface area contributed by atoms with Crippen LogP contribution in [0.15, 0.2) is 34.0 Å². The molecule has 2 aromatic rings. The van der Waals surface area contributed by atoms with Crippen molar-refractivity contribution in [1.29, 1.82) is 0 Å². The minimum Gasteiger partial charge on any atom is -0.428 e. The van der Waals surface area contributed by atoms with E-state index in [9.17, 15) is 18.4 Å². The summed E-state index contributed by atoms with van der Waals surface area (Å²) >= 11 is 0.